The van der Waals surface area contributed by atoms with Crippen molar-refractivity contribution in [2.24, 2.45) is 0 Å². The molecule has 0 spiro atoms. The number of rotatable bonds is 6. The summed E-state index contributed by atoms with van der Waals surface area (Å²) in [5.41, 5.74) is 2.10. The number of carbonyl (C=O) groups is 2. The van der Waals surface area contributed by atoms with Crippen molar-refractivity contribution in [3.63, 3.8) is 0 Å². The Morgan fingerprint density at radius 1 is 0.931 bits per heavy atom. The molecule has 0 fully saturated rings. The van der Waals surface area contributed by atoms with E-state index in [0.29, 0.717) is 35.6 Å². The van der Waals surface area contributed by atoms with Gasteiger partial charge in [-0.05, 0) is 65.1 Å². The molecule has 2 aromatic carbocycles. The zero-order valence-corrected chi connectivity index (χ0v) is 18.3. The number of nitrogens with zero attached hydrogens (tertiary/aromatic N) is 1. The number of pyridine rings is 1. The SMILES string of the molecule is CCC(=O)Oc1ccc(I)cc1C=Cc1ccc2cccc(OC(=O)CC)c2n1. The van der Waals surface area contributed by atoms with Gasteiger partial charge in [-0.2, -0.15) is 0 Å². The van der Waals surface area contributed by atoms with Gasteiger partial charge in [-0.15, -0.1) is 0 Å². The van der Waals surface area contributed by atoms with Crippen LogP contribution in [0.5, 0.6) is 11.5 Å². The first-order valence-corrected chi connectivity index (χ1v) is 10.4. The fourth-order valence-corrected chi connectivity index (χ4v) is 3.13. The molecule has 0 amide bonds. The van der Waals surface area contributed by atoms with E-state index in [1.165, 1.54) is 0 Å². The Labute approximate surface area is 182 Å². The van der Waals surface area contributed by atoms with Gasteiger partial charge in [0, 0.05) is 27.4 Å². The second-order valence-electron chi connectivity index (χ2n) is 6.23. The molecule has 29 heavy (non-hydrogen) atoms. The van der Waals surface area contributed by atoms with Crippen LogP contribution in [0.3, 0.4) is 0 Å². The molecule has 0 N–H and O–H groups in total. The molecule has 1 aromatic heterocycles. The van der Waals surface area contributed by atoms with E-state index in [9.17, 15) is 9.59 Å². The van der Waals surface area contributed by atoms with E-state index in [1.54, 1.807) is 26.0 Å². The zero-order valence-electron chi connectivity index (χ0n) is 16.1. The lowest BCUT2D eigenvalue weighted by Crippen LogP contribution is -2.06. The third kappa shape index (κ3) is 5.41. The van der Waals surface area contributed by atoms with Gasteiger partial charge in [0.1, 0.15) is 11.3 Å². The molecule has 1 heterocycles. The van der Waals surface area contributed by atoms with E-state index < -0.39 is 0 Å². The fraction of sp³-hybridized carbons (Fsp3) is 0.174. The summed E-state index contributed by atoms with van der Waals surface area (Å²) in [5.74, 6) is 0.358. The standard InChI is InChI=1S/C23H20INO4/c1-3-21(26)28-19-13-10-17(24)14-16(19)9-12-18-11-8-15-6-5-7-20(23(15)25-18)29-22(27)4-2/h5-14H,3-4H2,1-2H3. The van der Waals surface area contributed by atoms with Crippen LogP contribution >= 0.6 is 22.6 Å². The molecule has 0 aliphatic carbocycles. The number of para-hydroxylation sites is 1. The minimum atomic E-state index is -0.304. The van der Waals surface area contributed by atoms with Crippen LogP contribution in [0, 0.1) is 3.57 Å². The number of halogens is 1. The van der Waals surface area contributed by atoms with E-state index in [1.807, 2.05) is 48.6 Å². The number of hydrogen-bond acceptors (Lipinski definition) is 5. The highest BCUT2D eigenvalue weighted by Gasteiger charge is 2.09. The first-order chi connectivity index (χ1) is 14.0. The molecule has 0 saturated heterocycles. The summed E-state index contributed by atoms with van der Waals surface area (Å²) in [7, 11) is 0. The first-order valence-electron chi connectivity index (χ1n) is 9.29. The Morgan fingerprint density at radius 3 is 2.38 bits per heavy atom. The third-order valence-corrected chi connectivity index (χ3v) is 4.81. The molecule has 0 unspecified atom stereocenters. The van der Waals surface area contributed by atoms with Gasteiger partial charge in [0.15, 0.2) is 5.75 Å². The van der Waals surface area contributed by atoms with Crippen molar-refractivity contribution in [1.82, 2.24) is 4.98 Å². The van der Waals surface area contributed by atoms with Crippen LogP contribution in [0.4, 0.5) is 0 Å². The highest BCUT2D eigenvalue weighted by molar-refractivity contribution is 14.1. The highest BCUT2D eigenvalue weighted by atomic mass is 127. The molecule has 0 atom stereocenters. The lowest BCUT2D eigenvalue weighted by Gasteiger charge is -2.08. The molecule has 148 valence electrons. The normalized spacial score (nSPS) is 11.0. The molecule has 0 radical (unpaired) electrons. The van der Waals surface area contributed by atoms with Crippen LogP contribution in [0.2, 0.25) is 0 Å². The van der Waals surface area contributed by atoms with E-state index in [2.05, 4.69) is 27.6 Å². The lowest BCUT2D eigenvalue weighted by atomic mass is 10.1. The van der Waals surface area contributed by atoms with Gasteiger partial charge >= 0.3 is 11.9 Å². The quantitative estimate of drug-likeness (QED) is 0.249. The van der Waals surface area contributed by atoms with Gasteiger partial charge in [-0.3, -0.25) is 9.59 Å². The molecule has 6 heteroatoms. The maximum Gasteiger partial charge on any atom is 0.310 e. The summed E-state index contributed by atoms with van der Waals surface area (Å²) < 4.78 is 11.8. The van der Waals surface area contributed by atoms with Crippen molar-refractivity contribution in [2.45, 2.75) is 26.7 Å². The Bertz CT molecular complexity index is 1090. The van der Waals surface area contributed by atoms with Gasteiger partial charge in [0.2, 0.25) is 0 Å². The van der Waals surface area contributed by atoms with Crippen molar-refractivity contribution in [3.05, 3.63) is 63.4 Å². The second kappa shape index (κ2) is 9.65. The Morgan fingerprint density at radius 2 is 1.66 bits per heavy atom. The molecule has 3 aromatic rings. The summed E-state index contributed by atoms with van der Waals surface area (Å²) >= 11 is 2.21. The molecule has 0 aliphatic rings. The summed E-state index contributed by atoms with van der Waals surface area (Å²) in [4.78, 5) is 28.0. The smallest absolute Gasteiger partial charge is 0.310 e. The highest BCUT2D eigenvalue weighted by Crippen LogP contribution is 2.27. The number of fused-ring (bicyclic) bond motifs is 1. The minimum Gasteiger partial charge on any atom is -0.426 e. The summed E-state index contributed by atoms with van der Waals surface area (Å²) in [6.45, 7) is 3.51. The van der Waals surface area contributed by atoms with Gasteiger partial charge in [0.05, 0.1) is 5.69 Å². The monoisotopic (exact) mass is 501 g/mol. The third-order valence-electron chi connectivity index (χ3n) is 4.14. The van der Waals surface area contributed by atoms with Crippen LogP contribution in [-0.4, -0.2) is 16.9 Å². The minimum absolute atomic E-state index is 0.285. The second-order valence-corrected chi connectivity index (χ2v) is 7.48. The van der Waals surface area contributed by atoms with E-state index in [-0.39, 0.29) is 11.9 Å². The number of ether oxygens (including phenoxy) is 2. The lowest BCUT2D eigenvalue weighted by molar-refractivity contribution is -0.134. The average molecular weight is 501 g/mol. The molecular weight excluding hydrogens is 481 g/mol. The largest absolute Gasteiger partial charge is 0.426 e. The van der Waals surface area contributed by atoms with Crippen LogP contribution in [0.25, 0.3) is 23.1 Å². The van der Waals surface area contributed by atoms with Crippen molar-refractivity contribution >= 4 is 57.6 Å². The van der Waals surface area contributed by atoms with Gasteiger partial charge in [0.25, 0.3) is 0 Å². The molecular formula is C23H20INO4. The molecule has 3 rings (SSSR count). The van der Waals surface area contributed by atoms with Crippen LogP contribution < -0.4 is 9.47 Å². The predicted octanol–water partition coefficient (Wildman–Crippen LogP) is 5.64. The van der Waals surface area contributed by atoms with Crippen molar-refractivity contribution in [3.8, 4) is 11.5 Å². The topological polar surface area (TPSA) is 65.5 Å². The number of hydrogen-bond donors (Lipinski definition) is 0. The van der Waals surface area contributed by atoms with Crippen LogP contribution in [-0.2, 0) is 9.59 Å². The van der Waals surface area contributed by atoms with E-state index in [0.717, 1.165) is 14.5 Å². The Balaban J connectivity index is 1.95. The van der Waals surface area contributed by atoms with Crippen molar-refractivity contribution < 1.29 is 19.1 Å². The van der Waals surface area contributed by atoms with Gasteiger partial charge < -0.3 is 9.47 Å². The predicted molar refractivity (Wildman–Crippen MR) is 122 cm³/mol. The maximum atomic E-state index is 11.7. The van der Waals surface area contributed by atoms with E-state index in [4.69, 9.17) is 9.47 Å². The van der Waals surface area contributed by atoms with Crippen LogP contribution in [0.15, 0.2) is 48.5 Å². The fourth-order valence-electron chi connectivity index (χ4n) is 2.62. The summed E-state index contributed by atoms with van der Waals surface area (Å²) in [6, 6.07) is 14.9. The Hall–Kier alpha value is -2.74. The van der Waals surface area contributed by atoms with Crippen molar-refractivity contribution in [1.29, 1.82) is 0 Å². The number of esters is 2. The summed E-state index contributed by atoms with van der Waals surface area (Å²) in [5, 5.41) is 0.885. The zero-order chi connectivity index (χ0) is 20.8. The first kappa shape index (κ1) is 21.0. The van der Waals surface area contributed by atoms with Gasteiger partial charge in [-0.1, -0.05) is 32.0 Å². The number of carbonyl (C=O) groups excluding carboxylic acids is 2. The molecule has 0 bridgehead atoms. The van der Waals surface area contributed by atoms with Crippen LogP contribution in [0.1, 0.15) is 37.9 Å². The Kier molecular flexibility index (Phi) is 6.98. The molecule has 0 saturated carbocycles. The maximum absolute atomic E-state index is 11.7. The van der Waals surface area contributed by atoms with E-state index >= 15 is 0 Å². The number of aromatic nitrogens is 1. The molecule has 5 nitrogen and oxygen atoms in total. The molecule has 0 aliphatic heterocycles. The van der Waals surface area contributed by atoms with Crippen molar-refractivity contribution in [2.75, 3.05) is 0 Å². The van der Waals surface area contributed by atoms with Gasteiger partial charge in [-0.25, -0.2) is 4.98 Å². The summed E-state index contributed by atoms with van der Waals surface area (Å²) in [6.07, 6.45) is 4.30. The number of benzene rings is 2. The average Bonchev–Trinajstić information content (AvgIpc) is 2.73.